The second-order valence-corrected chi connectivity index (χ2v) is 7.04. The summed E-state index contributed by atoms with van der Waals surface area (Å²) in [7, 11) is 0. The summed E-state index contributed by atoms with van der Waals surface area (Å²) in [6.07, 6.45) is 6.57. The number of hydrogen-bond acceptors (Lipinski definition) is 2. The maximum Gasteiger partial charge on any atom is 0.227 e. The summed E-state index contributed by atoms with van der Waals surface area (Å²) in [5, 5.41) is 1.52. The number of nitrogens with zero attached hydrogens (tertiary/aromatic N) is 1. The lowest BCUT2D eigenvalue weighted by atomic mass is 9.81. The topological polar surface area (TPSA) is 20.3 Å². The molecule has 4 atom stereocenters. The van der Waals surface area contributed by atoms with Crippen LogP contribution in [0, 0.1) is 11.8 Å². The third-order valence-electron chi connectivity index (χ3n) is 4.92. The molecular weight excluding hydrogens is 206 g/mol. The first kappa shape index (κ1) is 8.91. The van der Waals surface area contributed by atoms with Gasteiger partial charge in [0.15, 0.2) is 0 Å². The van der Waals surface area contributed by atoms with E-state index in [0.29, 0.717) is 23.1 Å². The van der Waals surface area contributed by atoms with E-state index in [0.717, 1.165) is 17.7 Å². The molecular formula is C12H17NOS. The van der Waals surface area contributed by atoms with Gasteiger partial charge in [-0.15, -0.1) is 0 Å². The number of carbonyl (C=O) groups is 1. The van der Waals surface area contributed by atoms with Gasteiger partial charge in [0.05, 0.1) is 5.92 Å². The summed E-state index contributed by atoms with van der Waals surface area (Å²) in [6, 6.07) is 0.632. The first-order valence-electron chi connectivity index (χ1n) is 6.30. The van der Waals surface area contributed by atoms with Crippen LogP contribution in [0.5, 0.6) is 0 Å². The van der Waals surface area contributed by atoms with E-state index in [2.05, 4.69) is 16.7 Å². The van der Waals surface area contributed by atoms with Crippen LogP contribution in [-0.2, 0) is 4.79 Å². The Morgan fingerprint density at radius 1 is 1.13 bits per heavy atom. The molecule has 0 radical (unpaired) electrons. The van der Waals surface area contributed by atoms with Crippen molar-refractivity contribution in [1.82, 2.24) is 4.90 Å². The predicted molar refractivity (Wildman–Crippen MR) is 60.7 cm³/mol. The van der Waals surface area contributed by atoms with E-state index in [-0.39, 0.29) is 0 Å². The van der Waals surface area contributed by atoms with Crippen molar-refractivity contribution < 1.29 is 4.79 Å². The molecule has 3 aliphatic heterocycles. The van der Waals surface area contributed by atoms with E-state index in [4.69, 9.17) is 0 Å². The van der Waals surface area contributed by atoms with E-state index in [1.165, 1.54) is 32.1 Å². The number of hydrogen-bond donors (Lipinski definition) is 0. The Morgan fingerprint density at radius 3 is 2.60 bits per heavy atom. The Labute approximate surface area is 94.8 Å². The molecule has 3 saturated heterocycles. The van der Waals surface area contributed by atoms with Crippen molar-refractivity contribution in [3.63, 3.8) is 0 Å². The zero-order valence-electron chi connectivity index (χ0n) is 8.89. The van der Waals surface area contributed by atoms with Gasteiger partial charge in [0, 0.05) is 29.0 Å². The highest BCUT2D eigenvalue weighted by molar-refractivity contribution is 8.01. The monoisotopic (exact) mass is 223 g/mol. The number of rotatable bonds is 1. The van der Waals surface area contributed by atoms with Crippen LogP contribution in [0.4, 0.5) is 0 Å². The summed E-state index contributed by atoms with van der Waals surface area (Å²) in [5.74, 6) is 1.67. The van der Waals surface area contributed by atoms with Crippen molar-refractivity contribution in [1.29, 1.82) is 0 Å². The lowest BCUT2D eigenvalue weighted by Gasteiger charge is -2.35. The SMILES string of the molecule is O=C1C2C3CCC(S3)C2CN1C1CCC1. The largest absolute Gasteiger partial charge is 0.339 e. The lowest BCUT2D eigenvalue weighted by Crippen LogP contribution is -2.42. The Bertz CT molecular complexity index is 315. The highest BCUT2D eigenvalue weighted by Crippen LogP contribution is 2.56. The van der Waals surface area contributed by atoms with Gasteiger partial charge in [-0.1, -0.05) is 0 Å². The highest BCUT2D eigenvalue weighted by Gasteiger charge is 2.57. The fraction of sp³-hybridized carbons (Fsp3) is 0.917. The smallest absolute Gasteiger partial charge is 0.227 e. The van der Waals surface area contributed by atoms with Crippen LogP contribution in [0.2, 0.25) is 0 Å². The quantitative estimate of drug-likeness (QED) is 0.676. The number of amides is 1. The minimum atomic E-state index is 0.425. The molecule has 2 bridgehead atoms. The number of thioether (sulfide) groups is 1. The van der Waals surface area contributed by atoms with Crippen molar-refractivity contribution in [2.24, 2.45) is 11.8 Å². The summed E-state index contributed by atoms with van der Waals surface area (Å²) in [5.41, 5.74) is 0. The molecule has 3 heterocycles. The van der Waals surface area contributed by atoms with Crippen molar-refractivity contribution in [2.45, 2.75) is 48.6 Å². The van der Waals surface area contributed by atoms with Gasteiger partial charge in [0.2, 0.25) is 5.91 Å². The van der Waals surface area contributed by atoms with Crippen LogP contribution < -0.4 is 0 Å². The number of fused-ring (bicyclic) bond motifs is 5. The van der Waals surface area contributed by atoms with Crippen molar-refractivity contribution >= 4 is 17.7 Å². The number of carbonyl (C=O) groups excluding carboxylic acids is 1. The fourth-order valence-electron chi connectivity index (χ4n) is 3.88. The van der Waals surface area contributed by atoms with Gasteiger partial charge in [0.1, 0.15) is 0 Å². The van der Waals surface area contributed by atoms with E-state index in [9.17, 15) is 4.79 Å². The van der Waals surface area contributed by atoms with Crippen molar-refractivity contribution in [2.75, 3.05) is 6.54 Å². The molecule has 3 heteroatoms. The molecule has 4 unspecified atom stereocenters. The standard InChI is InChI=1S/C12H17NOS/c14-12-11-8(9-4-5-10(11)15-9)6-13(12)7-2-1-3-7/h7-11H,1-6H2. The van der Waals surface area contributed by atoms with Crippen LogP contribution in [-0.4, -0.2) is 33.9 Å². The summed E-state index contributed by atoms with van der Waals surface area (Å²) >= 11 is 2.12. The maximum atomic E-state index is 12.3. The highest BCUT2D eigenvalue weighted by atomic mass is 32.2. The Balaban J connectivity index is 1.60. The molecule has 0 aromatic heterocycles. The maximum absolute atomic E-state index is 12.3. The van der Waals surface area contributed by atoms with E-state index in [1.54, 1.807) is 0 Å². The zero-order chi connectivity index (χ0) is 9.99. The molecule has 4 fully saturated rings. The molecule has 0 N–H and O–H groups in total. The van der Waals surface area contributed by atoms with Crippen LogP contribution in [0.1, 0.15) is 32.1 Å². The summed E-state index contributed by atoms with van der Waals surface area (Å²) in [6.45, 7) is 1.10. The van der Waals surface area contributed by atoms with Gasteiger partial charge in [-0.05, 0) is 32.1 Å². The molecule has 0 spiro atoms. The minimum absolute atomic E-state index is 0.425. The van der Waals surface area contributed by atoms with Gasteiger partial charge in [-0.25, -0.2) is 0 Å². The molecule has 15 heavy (non-hydrogen) atoms. The second kappa shape index (κ2) is 2.93. The van der Waals surface area contributed by atoms with Gasteiger partial charge >= 0.3 is 0 Å². The van der Waals surface area contributed by atoms with Crippen molar-refractivity contribution in [3.8, 4) is 0 Å². The molecule has 1 saturated carbocycles. The molecule has 82 valence electrons. The molecule has 0 aromatic carbocycles. The molecule has 4 rings (SSSR count). The molecule has 1 amide bonds. The van der Waals surface area contributed by atoms with Gasteiger partial charge in [-0.2, -0.15) is 11.8 Å². The average Bonchev–Trinajstić information content (AvgIpc) is 2.77. The zero-order valence-corrected chi connectivity index (χ0v) is 9.71. The molecule has 4 aliphatic rings. The van der Waals surface area contributed by atoms with Crippen LogP contribution in [0.15, 0.2) is 0 Å². The Hall–Kier alpha value is -0.180. The number of likely N-dealkylation sites (tertiary alicyclic amines) is 1. The Kier molecular flexibility index (Phi) is 1.74. The van der Waals surface area contributed by atoms with Crippen LogP contribution >= 0.6 is 11.8 Å². The van der Waals surface area contributed by atoms with E-state index >= 15 is 0 Å². The molecule has 0 aromatic rings. The third-order valence-corrected chi connectivity index (χ3v) is 6.73. The van der Waals surface area contributed by atoms with Crippen LogP contribution in [0.25, 0.3) is 0 Å². The van der Waals surface area contributed by atoms with E-state index in [1.807, 2.05) is 0 Å². The summed E-state index contributed by atoms with van der Waals surface area (Å²) in [4.78, 5) is 14.6. The van der Waals surface area contributed by atoms with Gasteiger partial charge in [0.25, 0.3) is 0 Å². The normalized spacial score (nSPS) is 48.5. The van der Waals surface area contributed by atoms with Crippen molar-refractivity contribution in [3.05, 3.63) is 0 Å². The van der Waals surface area contributed by atoms with Gasteiger partial charge in [-0.3, -0.25) is 4.79 Å². The first-order valence-corrected chi connectivity index (χ1v) is 7.25. The summed E-state index contributed by atoms with van der Waals surface area (Å²) < 4.78 is 0. The fourth-order valence-corrected chi connectivity index (χ4v) is 5.82. The minimum Gasteiger partial charge on any atom is -0.339 e. The van der Waals surface area contributed by atoms with E-state index < -0.39 is 0 Å². The molecule has 2 nitrogen and oxygen atoms in total. The first-order chi connectivity index (χ1) is 7.34. The third kappa shape index (κ3) is 1.05. The average molecular weight is 223 g/mol. The second-order valence-electron chi connectivity index (χ2n) is 5.56. The lowest BCUT2D eigenvalue weighted by molar-refractivity contribution is -0.134. The van der Waals surface area contributed by atoms with Crippen LogP contribution in [0.3, 0.4) is 0 Å². The van der Waals surface area contributed by atoms with Gasteiger partial charge < -0.3 is 4.90 Å². The Morgan fingerprint density at radius 2 is 1.93 bits per heavy atom. The molecule has 1 aliphatic carbocycles. The predicted octanol–water partition coefficient (Wildman–Crippen LogP) is 1.89.